The molecule has 1 saturated heterocycles. The molecule has 3 rings (SSSR count). The van der Waals surface area contributed by atoms with Gasteiger partial charge < -0.3 is 4.57 Å². The minimum atomic E-state index is -0.0509. The van der Waals surface area contributed by atoms with Crippen LogP contribution in [0.5, 0.6) is 0 Å². The van der Waals surface area contributed by atoms with Crippen molar-refractivity contribution in [1.29, 1.82) is 0 Å². The molecule has 126 valence electrons. The van der Waals surface area contributed by atoms with Gasteiger partial charge in [0.05, 0.1) is 12.8 Å². The molecule has 1 aliphatic rings. The summed E-state index contributed by atoms with van der Waals surface area (Å²) < 4.78 is 2.19. The van der Waals surface area contributed by atoms with Gasteiger partial charge in [0.25, 0.3) is 5.91 Å². The number of nitrogens with one attached hydrogen (secondary N) is 1. The number of hydrogen-bond donors (Lipinski definition) is 1. The Labute approximate surface area is 143 Å². The van der Waals surface area contributed by atoms with Crippen LogP contribution in [-0.4, -0.2) is 41.2 Å². The minimum absolute atomic E-state index is 0.0509. The summed E-state index contributed by atoms with van der Waals surface area (Å²) in [7, 11) is 0. The molecular weight excluding hydrogens is 300 g/mol. The second-order valence-electron chi connectivity index (χ2n) is 6.27. The van der Waals surface area contributed by atoms with Crippen molar-refractivity contribution in [3.63, 3.8) is 0 Å². The normalized spacial score (nSPS) is 15.2. The van der Waals surface area contributed by atoms with Gasteiger partial charge in [0.15, 0.2) is 0 Å². The van der Waals surface area contributed by atoms with E-state index in [4.69, 9.17) is 0 Å². The van der Waals surface area contributed by atoms with Gasteiger partial charge in [-0.3, -0.25) is 9.69 Å². The molecule has 0 bridgehead atoms. The number of aromatic nitrogens is 1. The molecule has 1 aromatic carbocycles. The van der Waals surface area contributed by atoms with Crippen LogP contribution in [0.3, 0.4) is 0 Å². The maximum atomic E-state index is 11.9. The second-order valence-corrected chi connectivity index (χ2v) is 6.27. The molecule has 5 nitrogen and oxygen atoms in total. The molecule has 1 aromatic heterocycles. The summed E-state index contributed by atoms with van der Waals surface area (Å²) in [5.41, 5.74) is 7.02. The Hall–Kier alpha value is -2.40. The van der Waals surface area contributed by atoms with E-state index in [1.165, 1.54) is 12.8 Å². The first-order valence-electron chi connectivity index (χ1n) is 8.44. The molecule has 0 radical (unpaired) electrons. The zero-order valence-electron chi connectivity index (χ0n) is 14.3. The molecule has 2 heterocycles. The number of hydrazone groups is 1. The highest BCUT2D eigenvalue weighted by Crippen LogP contribution is 2.19. The van der Waals surface area contributed by atoms with E-state index in [1.54, 1.807) is 6.21 Å². The van der Waals surface area contributed by atoms with Gasteiger partial charge in [-0.05, 0) is 58.0 Å². The molecule has 0 aliphatic carbocycles. The number of para-hydroxylation sites is 1. The third-order valence-corrected chi connectivity index (χ3v) is 4.44. The monoisotopic (exact) mass is 324 g/mol. The summed E-state index contributed by atoms with van der Waals surface area (Å²) in [4.78, 5) is 14.1. The third-order valence-electron chi connectivity index (χ3n) is 4.44. The second kappa shape index (κ2) is 7.45. The van der Waals surface area contributed by atoms with E-state index in [0.29, 0.717) is 6.54 Å². The fourth-order valence-corrected chi connectivity index (χ4v) is 3.25. The Morgan fingerprint density at radius 3 is 2.62 bits per heavy atom. The van der Waals surface area contributed by atoms with Crippen LogP contribution >= 0.6 is 0 Å². The average Bonchev–Trinajstić information content (AvgIpc) is 3.17. The van der Waals surface area contributed by atoms with Crippen LogP contribution in [-0.2, 0) is 4.79 Å². The standard InChI is InChI=1S/C19H24N4O/c1-15-12-17(16(2)23(15)18-8-4-3-5-9-18)13-20-21-19(24)14-22-10-6-7-11-22/h3-5,8-9,12-13H,6-7,10-11,14H2,1-2H3,(H,21,24)/b20-13+. The van der Waals surface area contributed by atoms with E-state index in [1.807, 2.05) is 18.2 Å². The Morgan fingerprint density at radius 2 is 1.92 bits per heavy atom. The lowest BCUT2D eigenvalue weighted by Crippen LogP contribution is -2.33. The van der Waals surface area contributed by atoms with E-state index >= 15 is 0 Å². The molecule has 5 heteroatoms. The first kappa shape index (κ1) is 16.5. The molecule has 1 fully saturated rings. The topological polar surface area (TPSA) is 49.6 Å². The number of aryl methyl sites for hydroxylation is 1. The molecule has 1 N–H and O–H groups in total. The largest absolute Gasteiger partial charge is 0.318 e. The number of benzene rings is 1. The van der Waals surface area contributed by atoms with E-state index in [9.17, 15) is 4.79 Å². The third kappa shape index (κ3) is 3.74. The maximum absolute atomic E-state index is 11.9. The van der Waals surface area contributed by atoms with Crippen LogP contribution in [0, 0.1) is 13.8 Å². The molecule has 24 heavy (non-hydrogen) atoms. The molecule has 2 aromatic rings. The number of rotatable bonds is 5. The van der Waals surface area contributed by atoms with Crippen LogP contribution in [0.25, 0.3) is 5.69 Å². The molecule has 1 aliphatic heterocycles. The smallest absolute Gasteiger partial charge is 0.254 e. The predicted octanol–water partition coefficient (Wildman–Crippen LogP) is 2.64. The number of carbonyl (C=O) groups is 1. The van der Waals surface area contributed by atoms with E-state index < -0.39 is 0 Å². The van der Waals surface area contributed by atoms with Gasteiger partial charge in [0, 0.05) is 22.6 Å². The van der Waals surface area contributed by atoms with Crippen LogP contribution in [0.4, 0.5) is 0 Å². The molecule has 0 atom stereocenters. The molecule has 0 saturated carbocycles. The summed E-state index contributed by atoms with van der Waals surface area (Å²) in [5, 5.41) is 4.13. The Balaban J connectivity index is 1.66. The fraction of sp³-hybridized carbons (Fsp3) is 0.368. The van der Waals surface area contributed by atoms with Crippen LogP contribution in [0.1, 0.15) is 29.8 Å². The molecule has 0 unspecified atom stereocenters. The van der Waals surface area contributed by atoms with E-state index in [2.05, 4.69) is 52.0 Å². The van der Waals surface area contributed by atoms with Crippen molar-refractivity contribution in [1.82, 2.24) is 14.9 Å². The molecular formula is C19H24N4O. The van der Waals surface area contributed by atoms with Crippen molar-refractivity contribution in [2.75, 3.05) is 19.6 Å². The first-order valence-corrected chi connectivity index (χ1v) is 8.44. The van der Waals surface area contributed by atoms with Gasteiger partial charge >= 0.3 is 0 Å². The van der Waals surface area contributed by atoms with Crippen molar-refractivity contribution < 1.29 is 4.79 Å². The summed E-state index contributed by atoms with van der Waals surface area (Å²) in [6, 6.07) is 12.3. The number of hydrogen-bond acceptors (Lipinski definition) is 3. The Kier molecular flexibility index (Phi) is 5.11. The lowest BCUT2D eigenvalue weighted by Gasteiger charge is -2.12. The fourth-order valence-electron chi connectivity index (χ4n) is 3.25. The van der Waals surface area contributed by atoms with Gasteiger partial charge in [-0.15, -0.1) is 0 Å². The number of carbonyl (C=O) groups excluding carboxylic acids is 1. The van der Waals surface area contributed by atoms with Crippen LogP contribution in [0.2, 0.25) is 0 Å². The number of nitrogens with zero attached hydrogens (tertiary/aromatic N) is 3. The van der Waals surface area contributed by atoms with E-state index in [0.717, 1.165) is 35.7 Å². The first-order chi connectivity index (χ1) is 11.6. The van der Waals surface area contributed by atoms with Crippen LogP contribution < -0.4 is 5.43 Å². The number of likely N-dealkylation sites (tertiary alicyclic amines) is 1. The van der Waals surface area contributed by atoms with Crippen molar-refractivity contribution in [2.45, 2.75) is 26.7 Å². The molecule has 0 spiro atoms. The summed E-state index contributed by atoms with van der Waals surface area (Å²) in [5.74, 6) is -0.0509. The highest BCUT2D eigenvalue weighted by molar-refractivity contribution is 5.84. The van der Waals surface area contributed by atoms with Gasteiger partial charge in [0.2, 0.25) is 0 Å². The SMILES string of the molecule is Cc1cc(/C=N/NC(=O)CN2CCCC2)c(C)n1-c1ccccc1. The highest BCUT2D eigenvalue weighted by atomic mass is 16.2. The zero-order valence-corrected chi connectivity index (χ0v) is 14.3. The maximum Gasteiger partial charge on any atom is 0.254 e. The van der Waals surface area contributed by atoms with Crippen molar-refractivity contribution >= 4 is 12.1 Å². The minimum Gasteiger partial charge on any atom is -0.318 e. The summed E-state index contributed by atoms with van der Waals surface area (Å²) >= 11 is 0. The van der Waals surface area contributed by atoms with Gasteiger partial charge in [-0.25, -0.2) is 5.43 Å². The van der Waals surface area contributed by atoms with Gasteiger partial charge in [-0.1, -0.05) is 18.2 Å². The van der Waals surface area contributed by atoms with Gasteiger partial charge in [0.1, 0.15) is 0 Å². The number of amides is 1. The average molecular weight is 324 g/mol. The predicted molar refractivity (Wildman–Crippen MR) is 96.7 cm³/mol. The van der Waals surface area contributed by atoms with Crippen molar-refractivity contribution in [2.24, 2.45) is 5.10 Å². The summed E-state index contributed by atoms with van der Waals surface area (Å²) in [6.07, 6.45) is 4.09. The van der Waals surface area contributed by atoms with Crippen molar-refractivity contribution in [3.8, 4) is 5.69 Å². The summed E-state index contributed by atoms with van der Waals surface area (Å²) in [6.45, 7) is 6.59. The highest BCUT2D eigenvalue weighted by Gasteiger charge is 2.14. The quantitative estimate of drug-likeness (QED) is 0.679. The Bertz CT molecular complexity index is 727. The van der Waals surface area contributed by atoms with Crippen LogP contribution in [0.15, 0.2) is 41.5 Å². The Morgan fingerprint density at radius 1 is 1.21 bits per heavy atom. The zero-order chi connectivity index (χ0) is 16.9. The van der Waals surface area contributed by atoms with Gasteiger partial charge in [-0.2, -0.15) is 5.10 Å². The van der Waals surface area contributed by atoms with Crippen molar-refractivity contribution in [3.05, 3.63) is 53.3 Å². The lowest BCUT2D eigenvalue weighted by atomic mass is 10.2. The molecule has 1 amide bonds. The lowest BCUT2D eigenvalue weighted by molar-refractivity contribution is -0.121. The van der Waals surface area contributed by atoms with E-state index in [-0.39, 0.29) is 5.91 Å².